The molecule has 0 amide bonds. The molecule has 0 bridgehead atoms. The van der Waals surface area contributed by atoms with Crippen LogP contribution in [0, 0.1) is 12.8 Å². The van der Waals surface area contributed by atoms with E-state index < -0.39 is 0 Å². The number of aryl methyl sites for hydroxylation is 2. The lowest BCUT2D eigenvalue weighted by Crippen LogP contribution is -2.31. The summed E-state index contributed by atoms with van der Waals surface area (Å²) in [6.07, 6.45) is 18.4. The fraction of sp³-hybridized carbons (Fsp3) is 0.423. The monoisotopic (exact) mass is 438 g/mol. The largest absolute Gasteiger partial charge is 0.405 e. The van der Waals surface area contributed by atoms with Crippen LogP contribution in [0.15, 0.2) is 60.6 Å². The van der Waals surface area contributed by atoms with Crippen LogP contribution in [0.5, 0.6) is 0 Å². The summed E-state index contributed by atoms with van der Waals surface area (Å²) in [6.45, 7) is 7.38. The molecule has 0 radical (unpaired) electrons. The molecule has 5 heteroatoms. The summed E-state index contributed by atoms with van der Waals surface area (Å²) in [4.78, 5) is 4.32. The summed E-state index contributed by atoms with van der Waals surface area (Å²) in [6, 6.07) is 6.40. The minimum Gasteiger partial charge on any atom is -0.405 e. The molecule has 1 aliphatic heterocycles. The number of aromatic nitrogens is 2. The third kappa shape index (κ3) is 6.84. The third-order valence-electron chi connectivity index (χ3n) is 6.22. The Morgan fingerprint density at radius 1 is 1.32 bits per heavy atom. The number of allylic oxidation sites excluding steroid dienone is 4. The first kappa shape index (κ1) is 23.4. The summed E-state index contributed by atoms with van der Waals surface area (Å²) in [5.74, 6) is 2.19. The Morgan fingerprint density at radius 3 is 2.84 bits per heavy atom. The average molecular weight is 439 g/mol. The predicted molar refractivity (Wildman–Crippen MR) is 132 cm³/mol. The fourth-order valence-electron chi connectivity index (χ4n) is 4.47. The van der Waals surface area contributed by atoms with E-state index in [1.807, 2.05) is 31.5 Å². The van der Waals surface area contributed by atoms with Crippen molar-refractivity contribution in [3.63, 3.8) is 0 Å². The molecule has 0 spiro atoms. The highest BCUT2D eigenvalue weighted by Crippen LogP contribution is 2.37. The lowest BCUT2D eigenvalue weighted by atomic mass is 9.77. The molecule has 166 valence electrons. The van der Waals surface area contributed by atoms with E-state index in [-0.39, 0.29) is 0 Å². The minimum atomic E-state index is 0.469. The van der Waals surface area contributed by atoms with E-state index >= 15 is 0 Å². The van der Waals surface area contributed by atoms with Crippen molar-refractivity contribution in [3.05, 3.63) is 82.6 Å². The number of halogens is 1. The van der Waals surface area contributed by atoms with Gasteiger partial charge < -0.3 is 15.6 Å². The van der Waals surface area contributed by atoms with Gasteiger partial charge in [-0.05, 0) is 100.0 Å². The molecule has 1 fully saturated rings. The maximum atomic E-state index is 6.43. The standard InChI is InChI=1S/C26H35ClN4/c1-20(11-16-31-17-15-30-21(31)2)18-23-19-24(27)7-8-26(23)25(6-4-3-5-12-28)22-9-13-29-14-10-22/h3-5,7-8,12,15,17-19,22,25,29H,6,9-11,13-14,16,28H2,1-2H3/b4-3-,12-5-,20-18+. The van der Waals surface area contributed by atoms with Gasteiger partial charge >= 0.3 is 0 Å². The van der Waals surface area contributed by atoms with Crippen LogP contribution in [-0.2, 0) is 6.54 Å². The fourth-order valence-corrected chi connectivity index (χ4v) is 4.65. The van der Waals surface area contributed by atoms with Gasteiger partial charge in [-0.3, -0.25) is 0 Å². The quantitative estimate of drug-likeness (QED) is 0.483. The van der Waals surface area contributed by atoms with Gasteiger partial charge in [0.25, 0.3) is 0 Å². The van der Waals surface area contributed by atoms with E-state index in [0.717, 1.165) is 43.3 Å². The maximum Gasteiger partial charge on any atom is 0.105 e. The molecule has 2 heterocycles. The zero-order valence-corrected chi connectivity index (χ0v) is 19.5. The molecule has 1 aromatic heterocycles. The van der Waals surface area contributed by atoms with Crippen molar-refractivity contribution in [2.24, 2.45) is 11.7 Å². The van der Waals surface area contributed by atoms with Gasteiger partial charge in [0.1, 0.15) is 5.82 Å². The molecular weight excluding hydrogens is 404 g/mol. The van der Waals surface area contributed by atoms with Crippen LogP contribution in [0.25, 0.3) is 6.08 Å². The van der Waals surface area contributed by atoms with E-state index in [2.05, 4.69) is 52.2 Å². The minimum absolute atomic E-state index is 0.469. The van der Waals surface area contributed by atoms with Crippen LogP contribution >= 0.6 is 11.6 Å². The van der Waals surface area contributed by atoms with Crippen molar-refractivity contribution >= 4 is 17.7 Å². The van der Waals surface area contributed by atoms with Crippen molar-refractivity contribution in [2.75, 3.05) is 13.1 Å². The number of hydrogen-bond acceptors (Lipinski definition) is 3. The van der Waals surface area contributed by atoms with Crippen LogP contribution < -0.4 is 11.1 Å². The molecule has 0 saturated carbocycles. The summed E-state index contributed by atoms with van der Waals surface area (Å²) in [5, 5.41) is 4.29. The van der Waals surface area contributed by atoms with Crippen LogP contribution in [0.2, 0.25) is 5.02 Å². The number of nitrogens with two attached hydrogens (primary N) is 1. The average Bonchev–Trinajstić information content (AvgIpc) is 3.18. The highest BCUT2D eigenvalue weighted by atomic mass is 35.5. The Labute approximate surface area is 191 Å². The van der Waals surface area contributed by atoms with E-state index in [4.69, 9.17) is 17.3 Å². The number of benzene rings is 1. The van der Waals surface area contributed by atoms with Gasteiger partial charge in [-0.15, -0.1) is 0 Å². The Balaban J connectivity index is 1.85. The highest BCUT2D eigenvalue weighted by molar-refractivity contribution is 6.30. The molecular formula is C26H35ClN4. The molecule has 1 aliphatic rings. The van der Waals surface area contributed by atoms with Crippen LogP contribution in [0.4, 0.5) is 0 Å². The predicted octanol–water partition coefficient (Wildman–Crippen LogP) is 5.84. The lowest BCUT2D eigenvalue weighted by Gasteiger charge is -2.31. The first-order chi connectivity index (χ1) is 15.1. The van der Waals surface area contributed by atoms with E-state index in [1.165, 1.54) is 29.5 Å². The number of nitrogens with one attached hydrogen (secondary N) is 1. The van der Waals surface area contributed by atoms with Gasteiger partial charge in [-0.1, -0.05) is 41.5 Å². The van der Waals surface area contributed by atoms with Crippen molar-refractivity contribution in [1.29, 1.82) is 0 Å². The van der Waals surface area contributed by atoms with Crippen LogP contribution in [0.1, 0.15) is 55.5 Å². The van der Waals surface area contributed by atoms with E-state index in [0.29, 0.717) is 11.8 Å². The van der Waals surface area contributed by atoms with Crippen molar-refractivity contribution in [3.8, 4) is 0 Å². The molecule has 3 N–H and O–H groups in total. The Morgan fingerprint density at radius 2 is 2.13 bits per heavy atom. The number of nitrogens with zero attached hydrogens (tertiary/aromatic N) is 2. The normalized spacial score (nSPS) is 17.1. The molecule has 1 saturated heterocycles. The second-order valence-electron chi connectivity index (χ2n) is 8.42. The molecule has 2 aromatic rings. The summed E-state index contributed by atoms with van der Waals surface area (Å²) >= 11 is 6.43. The second-order valence-corrected chi connectivity index (χ2v) is 8.86. The van der Waals surface area contributed by atoms with Gasteiger partial charge in [-0.25, -0.2) is 4.98 Å². The van der Waals surface area contributed by atoms with Crippen molar-refractivity contribution < 1.29 is 0 Å². The molecule has 3 rings (SSSR count). The molecule has 1 atom stereocenters. The van der Waals surface area contributed by atoms with E-state index in [1.54, 1.807) is 6.20 Å². The molecule has 1 unspecified atom stereocenters. The highest BCUT2D eigenvalue weighted by Gasteiger charge is 2.25. The first-order valence-corrected chi connectivity index (χ1v) is 11.6. The number of rotatable bonds is 9. The molecule has 0 aliphatic carbocycles. The summed E-state index contributed by atoms with van der Waals surface area (Å²) in [7, 11) is 0. The van der Waals surface area contributed by atoms with Crippen molar-refractivity contribution in [1.82, 2.24) is 14.9 Å². The van der Waals surface area contributed by atoms with Gasteiger partial charge in [0.15, 0.2) is 0 Å². The Hall–Kier alpha value is -2.30. The number of imidazole rings is 1. The molecule has 1 aromatic carbocycles. The molecule has 31 heavy (non-hydrogen) atoms. The van der Waals surface area contributed by atoms with Gasteiger partial charge in [-0.2, -0.15) is 0 Å². The van der Waals surface area contributed by atoms with Gasteiger partial charge in [0.05, 0.1) is 0 Å². The maximum absolute atomic E-state index is 6.43. The lowest BCUT2D eigenvalue weighted by molar-refractivity contribution is 0.318. The number of hydrogen-bond donors (Lipinski definition) is 2. The Bertz CT molecular complexity index is 919. The zero-order valence-electron chi connectivity index (χ0n) is 18.7. The first-order valence-electron chi connectivity index (χ1n) is 11.3. The third-order valence-corrected chi connectivity index (χ3v) is 6.46. The van der Waals surface area contributed by atoms with Crippen molar-refractivity contribution in [2.45, 2.75) is 52.0 Å². The topological polar surface area (TPSA) is 55.9 Å². The summed E-state index contributed by atoms with van der Waals surface area (Å²) < 4.78 is 2.20. The zero-order chi connectivity index (χ0) is 22.1. The van der Waals surface area contributed by atoms with E-state index in [9.17, 15) is 0 Å². The smallest absolute Gasteiger partial charge is 0.105 e. The molecule has 4 nitrogen and oxygen atoms in total. The van der Waals surface area contributed by atoms with Gasteiger partial charge in [0.2, 0.25) is 0 Å². The number of piperidine rings is 1. The van der Waals surface area contributed by atoms with Crippen LogP contribution in [-0.4, -0.2) is 22.6 Å². The second kappa shape index (κ2) is 11.9. The van der Waals surface area contributed by atoms with Gasteiger partial charge in [0, 0.05) is 24.0 Å². The van der Waals surface area contributed by atoms with Crippen LogP contribution in [0.3, 0.4) is 0 Å². The SMILES string of the molecule is C/C(=C\c1cc(Cl)ccc1C(C/C=C\C=C/N)C1CCNCC1)CCn1ccnc1C. The summed E-state index contributed by atoms with van der Waals surface area (Å²) in [5.41, 5.74) is 9.50. The Kier molecular flexibility index (Phi) is 8.98.